The van der Waals surface area contributed by atoms with E-state index in [1.807, 2.05) is 18.3 Å². The highest BCUT2D eigenvalue weighted by molar-refractivity contribution is 7.21. The van der Waals surface area contributed by atoms with E-state index < -0.39 is 5.91 Å². The number of ether oxygens (including phenoxy) is 1. The second-order valence-corrected chi connectivity index (χ2v) is 7.17. The van der Waals surface area contributed by atoms with Gasteiger partial charge in [0.25, 0.3) is 5.91 Å². The molecule has 0 spiro atoms. The Balaban J connectivity index is 1.68. The molecule has 4 aromatic rings. The van der Waals surface area contributed by atoms with Crippen molar-refractivity contribution < 1.29 is 14.3 Å². The summed E-state index contributed by atoms with van der Waals surface area (Å²) in [7, 11) is 1.56. The minimum Gasteiger partial charge on any atom is -0.481 e. The van der Waals surface area contributed by atoms with Gasteiger partial charge in [-0.3, -0.25) is 14.6 Å². The van der Waals surface area contributed by atoms with Gasteiger partial charge in [-0.1, -0.05) is 0 Å². The van der Waals surface area contributed by atoms with Gasteiger partial charge in [0, 0.05) is 18.6 Å². The van der Waals surface area contributed by atoms with Crippen molar-refractivity contribution in [2.75, 3.05) is 12.4 Å². The molecule has 146 valence electrons. The summed E-state index contributed by atoms with van der Waals surface area (Å²) >= 11 is 1.39. The van der Waals surface area contributed by atoms with Crippen molar-refractivity contribution in [3.8, 4) is 16.3 Å². The molecule has 0 aliphatic carbocycles. The highest BCUT2D eigenvalue weighted by Gasteiger charge is 2.19. The van der Waals surface area contributed by atoms with Crippen molar-refractivity contribution in [2.24, 2.45) is 5.73 Å². The van der Waals surface area contributed by atoms with Gasteiger partial charge in [-0.15, -0.1) is 11.3 Å². The molecular formula is C19H16N6O3S. The van der Waals surface area contributed by atoms with Crippen LogP contribution in [0.25, 0.3) is 15.3 Å². The number of primary amides is 1. The maximum absolute atomic E-state index is 12.9. The van der Waals surface area contributed by atoms with Crippen molar-refractivity contribution in [1.82, 2.24) is 19.6 Å². The third kappa shape index (κ3) is 3.41. The van der Waals surface area contributed by atoms with Crippen LogP contribution in [0.1, 0.15) is 26.4 Å². The van der Waals surface area contributed by atoms with Crippen molar-refractivity contribution in [1.29, 1.82) is 0 Å². The molecule has 10 heteroatoms. The van der Waals surface area contributed by atoms with Crippen LogP contribution in [-0.4, -0.2) is 38.5 Å². The predicted octanol–water partition coefficient (Wildman–Crippen LogP) is 2.52. The summed E-state index contributed by atoms with van der Waals surface area (Å²) < 4.78 is 6.95. The van der Waals surface area contributed by atoms with Crippen LogP contribution in [0.15, 0.2) is 43.0 Å². The molecule has 4 rings (SSSR count). The number of aryl methyl sites for hydroxylation is 1. The first kappa shape index (κ1) is 18.6. The highest BCUT2D eigenvalue weighted by atomic mass is 32.1. The van der Waals surface area contributed by atoms with Gasteiger partial charge in [0.15, 0.2) is 0 Å². The minimum absolute atomic E-state index is 0.216. The Hall–Kier alpha value is -3.79. The van der Waals surface area contributed by atoms with Gasteiger partial charge >= 0.3 is 0 Å². The summed E-state index contributed by atoms with van der Waals surface area (Å²) in [4.78, 5) is 34.1. The molecule has 4 aromatic heterocycles. The van der Waals surface area contributed by atoms with Crippen molar-refractivity contribution >= 4 is 33.7 Å². The molecular weight excluding hydrogens is 392 g/mol. The van der Waals surface area contributed by atoms with E-state index in [0.29, 0.717) is 27.7 Å². The number of hydrogen-bond acceptors (Lipinski definition) is 7. The Bertz CT molecular complexity index is 1250. The van der Waals surface area contributed by atoms with E-state index in [-0.39, 0.29) is 11.5 Å². The topological polar surface area (TPSA) is 124 Å². The Labute approximate surface area is 169 Å². The van der Waals surface area contributed by atoms with Gasteiger partial charge < -0.3 is 15.8 Å². The van der Waals surface area contributed by atoms with Gasteiger partial charge in [-0.2, -0.15) is 5.10 Å². The zero-order chi connectivity index (χ0) is 20.5. The summed E-state index contributed by atoms with van der Waals surface area (Å²) in [6.07, 6.45) is 6.33. The standard InChI is InChI=1S/C19H16N6O3S/c1-10-14(6-11(7-22-10)16(20)26)24-17(27)13-8-23-25-9-15(29-19(13)25)12-4-3-5-21-18(12)28-2/h3-9H,1-2H3,(H2,20,26)(H,24,27). The zero-order valence-electron chi connectivity index (χ0n) is 15.5. The first-order chi connectivity index (χ1) is 14.0. The van der Waals surface area contributed by atoms with Crippen molar-refractivity contribution in [3.05, 3.63) is 59.8 Å². The Morgan fingerprint density at radius 1 is 1.28 bits per heavy atom. The SMILES string of the molecule is COc1ncccc1-c1cn2ncc(C(=O)Nc3cc(C(N)=O)cnc3C)c2s1. The molecule has 0 radical (unpaired) electrons. The number of hydrogen-bond donors (Lipinski definition) is 2. The quantitative estimate of drug-likeness (QED) is 0.523. The molecule has 0 saturated carbocycles. The molecule has 0 aliphatic rings. The minimum atomic E-state index is -0.616. The van der Waals surface area contributed by atoms with E-state index in [0.717, 1.165) is 10.4 Å². The van der Waals surface area contributed by atoms with Crippen LogP contribution in [0.4, 0.5) is 5.69 Å². The molecule has 2 amide bonds. The molecule has 0 aromatic carbocycles. The smallest absolute Gasteiger partial charge is 0.260 e. The third-order valence-electron chi connectivity index (χ3n) is 4.29. The molecule has 0 saturated heterocycles. The third-order valence-corrected chi connectivity index (χ3v) is 5.44. The van der Waals surface area contributed by atoms with Gasteiger partial charge in [0.05, 0.1) is 46.3 Å². The fourth-order valence-corrected chi connectivity index (χ4v) is 3.87. The monoisotopic (exact) mass is 408 g/mol. The lowest BCUT2D eigenvalue weighted by molar-refractivity contribution is 0.0996. The number of nitrogens with two attached hydrogens (primary N) is 1. The van der Waals surface area contributed by atoms with Gasteiger partial charge in [-0.05, 0) is 25.1 Å². The fourth-order valence-electron chi connectivity index (χ4n) is 2.79. The van der Waals surface area contributed by atoms with Crippen molar-refractivity contribution in [3.63, 3.8) is 0 Å². The van der Waals surface area contributed by atoms with Crippen LogP contribution in [0.5, 0.6) is 5.88 Å². The second kappa shape index (κ2) is 7.32. The van der Waals surface area contributed by atoms with E-state index in [9.17, 15) is 9.59 Å². The number of aromatic nitrogens is 4. The summed E-state index contributed by atoms with van der Waals surface area (Å²) in [5.41, 5.74) is 7.70. The number of carbonyl (C=O) groups excluding carboxylic acids is 2. The normalized spacial score (nSPS) is 10.8. The lowest BCUT2D eigenvalue weighted by Gasteiger charge is -2.08. The number of carbonyl (C=O) groups is 2. The van der Waals surface area contributed by atoms with E-state index >= 15 is 0 Å². The number of nitrogens with zero attached hydrogens (tertiary/aromatic N) is 4. The second-order valence-electron chi connectivity index (χ2n) is 6.14. The molecule has 0 aliphatic heterocycles. The summed E-state index contributed by atoms with van der Waals surface area (Å²) in [6.45, 7) is 1.73. The molecule has 0 fully saturated rings. The number of anilines is 1. The summed E-state index contributed by atoms with van der Waals surface area (Å²) in [5.74, 6) is -0.486. The number of thiazole rings is 1. The number of pyridine rings is 2. The van der Waals surface area contributed by atoms with E-state index in [1.165, 1.54) is 29.8 Å². The first-order valence-corrected chi connectivity index (χ1v) is 9.34. The number of fused-ring (bicyclic) bond motifs is 1. The van der Waals surface area contributed by atoms with Crippen LogP contribution in [-0.2, 0) is 0 Å². The van der Waals surface area contributed by atoms with Crippen LogP contribution in [0, 0.1) is 6.92 Å². The average Bonchev–Trinajstić information content (AvgIpc) is 3.30. The Morgan fingerprint density at radius 3 is 2.86 bits per heavy atom. The van der Waals surface area contributed by atoms with Gasteiger partial charge in [0.1, 0.15) is 4.83 Å². The van der Waals surface area contributed by atoms with Crippen LogP contribution < -0.4 is 15.8 Å². The zero-order valence-corrected chi connectivity index (χ0v) is 16.4. The molecule has 0 bridgehead atoms. The molecule has 3 N–H and O–H groups in total. The average molecular weight is 408 g/mol. The molecule has 29 heavy (non-hydrogen) atoms. The van der Waals surface area contributed by atoms with Crippen molar-refractivity contribution in [2.45, 2.75) is 6.92 Å². The van der Waals surface area contributed by atoms with E-state index in [1.54, 1.807) is 24.7 Å². The lowest BCUT2D eigenvalue weighted by atomic mass is 10.2. The largest absolute Gasteiger partial charge is 0.481 e. The maximum atomic E-state index is 12.9. The summed E-state index contributed by atoms with van der Waals surface area (Å²) in [6, 6.07) is 5.21. The van der Waals surface area contributed by atoms with Crippen LogP contribution in [0.3, 0.4) is 0 Å². The fraction of sp³-hybridized carbons (Fsp3) is 0.105. The van der Waals surface area contributed by atoms with Gasteiger partial charge in [0.2, 0.25) is 11.8 Å². The van der Waals surface area contributed by atoms with E-state index in [2.05, 4.69) is 20.4 Å². The molecule has 0 unspecified atom stereocenters. The Morgan fingerprint density at radius 2 is 2.10 bits per heavy atom. The Kier molecular flexibility index (Phi) is 4.69. The van der Waals surface area contributed by atoms with E-state index in [4.69, 9.17) is 10.5 Å². The summed E-state index contributed by atoms with van der Waals surface area (Å²) in [5, 5.41) is 7.05. The maximum Gasteiger partial charge on any atom is 0.260 e. The van der Waals surface area contributed by atoms with Crippen LogP contribution in [0.2, 0.25) is 0 Å². The van der Waals surface area contributed by atoms with Gasteiger partial charge in [-0.25, -0.2) is 9.50 Å². The first-order valence-electron chi connectivity index (χ1n) is 8.52. The number of amides is 2. The molecule has 4 heterocycles. The number of methoxy groups -OCH3 is 1. The predicted molar refractivity (Wildman–Crippen MR) is 108 cm³/mol. The molecule has 9 nitrogen and oxygen atoms in total. The lowest BCUT2D eigenvalue weighted by Crippen LogP contribution is -2.16. The highest BCUT2D eigenvalue weighted by Crippen LogP contribution is 2.35. The number of rotatable bonds is 5. The number of nitrogens with one attached hydrogen (secondary N) is 1. The van der Waals surface area contributed by atoms with Crippen LogP contribution >= 0.6 is 11.3 Å². The molecule has 0 atom stereocenters.